The summed E-state index contributed by atoms with van der Waals surface area (Å²) in [5, 5.41) is 0. The monoisotopic (exact) mass is 240 g/mol. The number of thiol groups is 1. The Morgan fingerprint density at radius 2 is 2.00 bits per heavy atom. The minimum atomic E-state index is 0.655. The van der Waals surface area contributed by atoms with Crippen LogP contribution < -0.4 is 9.47 Å². The van der Waals surface area contributed by atoms with Gasteiger partial charge in [0.2, 0.25) is 0 Å². The molecule has 0 saturated carbocycles. The normalized spacial score (nSPS) is 10.6. The summed E-state index contributed by atoms with van der Waals surface area (Å²) in [6.07, 6.45) is 1.05. The van der Waals surface area contributed by atoms with Crippen LogP contribution in [0.1, 0.15) is 25.8 Å². The topological polar surface area (TPSA) is 18.5 Å². The summed E-state index contributed by atoms with van der Waals surface area (Å²) in [4.78, 5) is 0. The van der Waals surface area contributed by atoms with Crippen molar-refractivity contribution in [1.29, 1.82) is 0 Å². The molecule has 3 heteroatoms. The summed E-state index contributed by atoms with van der Waals surface area (Å²) in [6.45, 7) is 5.10. The van der Waals surface area contributed by atoms with E-state index in [0.717, 1.165) is 30.1 Å². The summed E-state index contributed by atoms with van der Waals surface area (Å²) in [5.74, 6) is 2.97. The highest BCUT2D eigenvalue weighted by atomic mass is 32.1. The van der Waals surface area contributed by atoms with Crippen molar-refractivity contribution in [2.24, 2.45) is 5.92 Å². The van der Waals surface area contributed by atoms with Gasteiger partial charge in [0.05, 0.1) is 13.7 Å². The second-order valence-corrected chi connectivity index (χ2v) is 4.49. The lowest BCUT2D eigenvalue weighted by atomic mass is 10.1. The van der Waals surface area contributed by atoms with Gasteiger partial charge in [-0.1, -0.05) is 19.9 Å². The van der Waals surface area contributed by atoms with Crippen molar-refractivity contribution in [3.63, 3.8) is 0 Å². The van der Waals surface area contributed by atoms with Crippen molar-refractivity contribution in [1.82, 2.24) is 0 Å². The molecule has 1 rings (SSSR count). The number of ether oxygens (including phenoxy) is 2. The highest BCUT2D eigenvalue weighted by Gasteiger charge is 2.05. The highest BCUT2D eigenvalue weighted by Crippen LogP contribution is 2.28. The van der Waals surface area contributed by atoms with E-state index >= 15 is 0 Å². The third kappa shape index (κ3) is 3.97. The van der Waals surface area contributed by atoms with Crippen LogP contribution in [-0.2, 0) is 5.75 Å². The van der Waals surface area contributed by atoms with E-state index in [1.54, 1.807) is 7.11 Å². The molecule has 0 N–H and O–H groups in total. The predicted octanol–water partition coefficient (Wildman–Crippen LogP) is 3.55. The van der Waals surface area contributed by atoms with Gasteiger partial charge in [-0.25, -0.2) is 0 Å². The first kappa shape index (κ1) is 13.2. The molecule has 2 nitrogen and oxygen atoms in total. The predicted molar refractivity (Wildman–Crippen MR) is 70.6 cm³/mol. The molecular weight excluding hydrogens is 220 g/mol. The molecular formula is C13H20O2S. The Hall–Kier alpha value is -0.830. The van der Waals surface area contributed by atoms with Gasteiger partial charge in [0.15, 0.2) is 11.5 Å². The number of hydrogen-bond donors (Lipinski definition) is 1. The maximum atomic E-state index is 5.69. The van der Waals surface area contributed by atoms with Crippen molar-refractivity contribution in [3.8, 4) is 11.5 Å². The zero-order valence-electron chi connectivity index (χ0n) is 10.2. The molecule has 0 aliphatic rings. The van der Waals surface area contributed by atoms with Gasteiger partial charge >= 0.3 is 0 Å². The van der Waals surface area contributed by atoms with Gasteiger partial charge in [0, 0.05) is 5.75 Å². The fourth-order valence-electron chi connectivity index (χ4n) is 1.33. The minimum Gasteiger partial charge on any atom is -0.493 e. The molecule has 0 fully saturated rings. The smallest absolute Gasteiger partial charge is 0.161 e. The first-order valence-corrected chi connectivity index (χ1v) is 6.21. The Bertz CT molecular complexity index is 324. The zero-order chi connectivity index (χ0) is 12.0. The van der Waals surface area contributed by atoms with Crippen LogP contribution in [0.15, 0.2) is 18.2 Å². The molecule has 0 amide bonds. The molecule has 1 aromatic rings. The standard InChI is InChI=1S/C13H20O2S/c1-10(2)6-7-15-12-5-4-11(9-16)8-13(12)14-3/h4-5,8,10,16H,6-7,9H2,1-3H3. The maximum Gasteiger partial charge on any atom is 0.161 e. The largest absolute Gasteiger partial charge is 0.493 e. The van der Waals surface area contributed by atoms with Crippen LogP contribution in [0, 0.1) is 5.92 Å². The Morgan fingerprint density at radius 1 is 1.25 bits per heavy atom. The van der Waals surface area contributed by atoms with Gasteiger partial charge in [-0.15, -0.1) is 0 Å². The maximum absolute atomic E-state index is 5.69. The molecule has 0 heterocycles. The van der Waals surface area contributed by atoms with Crippen LogP contribution in [0.5, 0.6) is 11.5 Å². The fraction of sp³-hybridized carbons (Fsp3) is 0.538. The molecule has 16 heavy (non-hydrogen) atoms. The van der Waals surface area contributed by atoms with Gasteiger partial charge in [0.25, 0.3) is 0 Å². The van der Waals surface area contributed by atoms with E-state index in [1.807, 2.05) is 18.2 Å². The lowest BCUT2D eigenvalue weighted by Gasteiger charge is -2.12. The second kappa shape index (κ2) is 6.69. The van der Waals surface area contributed by atoms with Crippen molar-refractivity contribution in [2.75, 3.05) is 13.7 Å². The molecule has 90 valence electrons. The lowest BCUT2D eigenvalue weighted by Crippen LogP contribution is -2.02. The molecule has 0 atom stereocenters. The third-order valence-corrected chi connectivity index (χ3v) is 2.73. The number of hydrogen-bond acceptors (Lipinski definition) is 3. The third-order valence-electron chi connectivity index (χ3n) is 2.36. The molecule has 0 saturated heterocycles. The van der Waals surface area contributed by atoms with Gasteiger partial charge in [-0.3, -0.25) is 0 Å². The van der Waals surface area contributed by atoms with Gasteiger partial charge < -0.3 is 9.47 Å². The fourth-order valence-corrected chi connectivity index (χ4v) is 1.53. The Morgan fingerprint density at radius 3 is 2.56 bits per heavy atom. The molecule has 0 radical (unpaired) electrons. The first-order chi connectivity index (χ1) is 7.67. The van der Waals surface area contributed by atoms with Crippen LogP contribution in [-0.4, -0.2) is 13.7 Å². The van der Waals surface area contributed by atoms with Crippen molar-refractivity contribution < 1.29 is 9.47 Å². The van der Waals surface area contributed by atoms with E-state index in [1.165, 1.54) is 0 Å². The minimum absolute atomic E-state index is 0.655. The molecule has 0 spiro atoms. The molecule has 0 aliphatic carbocycles. The lowest BCUT2D eigenvalue weighted by molar-refractivity contribution is 0.273. The van der Waals surface area contributed by atoms with Crippen molar-refractivity contribution in [3.05, 3.63) is 23.8 Å². The van der Waals surface area contributed by atoms with Crippen molar-refractivity contribution in [2.45, 2.75) is 26.0 Å². The van der Waals surface area contributed by atoms with Crippen molar-refractivity contribution >= 4 is 12.6 Å². The summed E-state index contributed by atoms with van der Waals surface area (Å²) in [5.41, 5.74) is 1.14. The van der Waals surface area contributed by atoms with E-state index in [0.29, 0.717) is 11.7 Å². The summed E-state index contributed by atoms with van der Waals surface area (Å²) >= 11 is 4.23. The summed E-state index contributed by atoms with van der Waals surface area (Å²) in [6, 6.07) is 5.93. The van der Waals surface area contributed by atoms with E-state index in [9.17, 15) is 0 Å². The Kier molecular flexibility index (Phi) is 5.53. The average Bonchev–Trinajstić information content (AvgIpc) is 2.29. The molecule has 0 aliphatic heterocycles. The quantitative estimate of drug-likeness (QED) is 0.767. The van der Waals surface area contributed by atoms with Crippen LogP contribution in [0.4, 0.5) is 0 Å². The Labute approximate surface area is 103 Å². The van der Waals surface area contributed by atoms with E-state index in [-0.39, 0.29) is 0 Å². The number of methoxy groups -OCH3 is 1. The number of benzene rings is 1. The summed E-state index contributed by atoms with van der Waals surface area (Å²) < 4.78 is 11.0. The Balaban J connectivity index is 2.64. The van der Waals surface area contributed by atoms with Crippen LogP contribution in [0.2, 0.25) is 0 Å². The molecule has 0 aromatic heterocycles. The molecule has 1 aromatic carbocycles. The van der Waals surface area contributed by atoms with Gasteiger partial charge in [-0.2, -0.15) is 12.6 Å². The van der Waals surface area contributed by atoms with Crippen LogP contribution in [0.25, 0.3) is 0 Å². The summed E-state index contributed by atoms with van der Waals surface area (Å²) in [7, 11) is 1.66. The zero-order valence-corrected chi connectivity index (χ0v) is 11.1. The van der Waals surface area contributed by atoms with Crippen LogP contribution >= 0.6 is 12.6 Å². The highest BCUT2D eigenvalue weighted by molar-refractivity contribution is 7.79. The SMILES string of the molecule is COc1cc(CS)ccc1OCCC(C)C. The van der Waals surface area contributed by atoms with Gasteiger partial charge in [-0.05, 0) is 30.0 Å². The molecule has 0 unspecified atom stereocenters. The first-order valence-electron chi connectivity index (χ1n) is 5.58. The second-order valence-electron chi connectivity index (χ2n) is 4.17. The number of rotatable bonds is 6. The van der Waals surface area contributed by atoms with E-state index in [4.69, 9.17) is 9.47 Å². The van der Waals surface area contributed by atoms with E-state index < -0.39 is 0 Å². The van der Waals surface area contributed by atoms with Crippen LogP contribution in [0.3, 0.4) is 0 Å². The average molecular weight is 240 g/mol. The molecule has 0 bridgehead atoms. The van der Waals surface area contributed by atoms with E-state index in [2.05, 4.69) is 26.5 Å². The van der Waals surface area contributed by atoms with Gasteiger partial charge in [0.1, 0.15) is 0 Å².